The molecule has 3 rings (SSSR count). The van der Waals surface area contributed by atoms with E-state index in [4.69, 9.17) is 5.41 Å². The van der Waals surface area contributed by atoms with E-state index in [1.165, 1.54) is 11.3 Å². The lowest BCUT2D eigenvalue weighted by atomic mass is 9.93. The number of guanidine groups is 1. The molecule has 1 aliphatic heterocycles. The molecule has 2 aliphatic rings. The smallest absolute Gasteiger partial charge is 0.255 e. The van der Waals surface area contributed by atoms with Crippen molar-refractivity contribution in [3.63, 3.8) is 0 Å². The minimum absolute atomic E-state index is 0.00124. The molecule has 2 fully saturated rings. The summed E-state index contributed by atoms with van der Waals surface area (Å²) >= 11 is 0. The Labute approximate surface area is 153 Å². The van der Waals surface area contributed by atoms with Gasteiger partial charge in [-0.2, -0.15) is 0 Å². The van der Waals surface area contributed by atoms with Crippen molar-refractivity contribution in [3.05, 3.63) is 29.8 Å². The fourth-order valence-corrected chi connectivity index (χ4v) is 3.74. The van der Waals surface area contributed by atoms with E-state index in [1.807, 2.05) is 0 Å². The van der Waals surface area contributed by atoms with Crippen molar-refractivity contribution in [3.8, 4) is 5.75 Å². The lowest BCUT2D eigenvalue weighted by molar-refractivity contribution is -0.134. The zero-order valence-corrected chi connectivity index (χ0v) is 15.0. The van der Waals surface area contributed by atoms with E-state index in [9.17, 15) is 14.7 Å². The average Bonchev–Trinajstić information content (AvgIpc) is 2.79. The molecule has 0 spiro atoms. The number of amides is 2. The number of phenols is 1. The standard InChI is InChI=1S/C19H26N4O3/c1-19(11-16(25)21-14-7-3-2-4-8-14)17(26)23(18(20)22-19)12-13-6-5-9-15(24)10-13/h5-6,9-10,14,24H,2-4,7-8,11-12H2,1H3,(H2,20,22)(H,21,25). The number of rotatable bonds is 5. The average molecular weight is 358 g/mol. The Kier molecular flexibility index (Phi) is 5.15. The molecular formula is C19H26N4O3. The van der Waals surface area contributed by atoms with Crippen LogP contribution in [0.4, 0.5) is 0 Å². The number of nitrogens with zero attached hydrogens (tertiary/aromatic N) is 1. The predicted molar refractivity (Wildman–Crippen MR) is 97.6 cm³/mol. The Morgan fingerprint density at radius 3 is 2.81 bits per heavy atom. The van der Waals surface area contributed by atoms with Crippen molar-refractivity contribution in [2.45, 2.75) is 63.6 Å². The summed E-state index contributed by atoms with van der Waals surface area (Å²) < 4.78 is 0. The largest absolute Gasteiger partial charge is 0.508 e. The Morgan fingerprint density at radius 1 is 1.38 bits per heavy atom. The molecular weight excluding hydrogens is 332 g/mol. The van der Waals surface area contributed by atoms with Gasteiger partial charge in [0.15, 0.2) is 5.96 Å². The van der Waals surface area contributed by atoms with E-state index in [1.54, 1.807) is 31.2 Å². The van der Waals surface area contributed by atoms with Crippen molar-refractivity contribution >= 4 is 17.8 Å². The van der Waals surface area contributed by atoms with Crippen LogP contribution >= 0.6 is 0 Å². The summed E-state index contributed by atoms with van der Waals surface area (Å²) in [5, 5.41) is 23.6. The van der Waals surface area contributed by atoms with Crippen molar-refractivity contribution in [1.82, 2.24) is 15.5 Å². The molecule has 1 saturated heterocycles. The number of carbonyl (C=O) groups excluding carboxylic acids is 2. The third-order valence-electron chi connectivity index (χ3n) is 5.12. The van der Waals surface area contributed by atoms with Crippen LogP contribution in [0.2, 0.25) is 0 Å². The molecule has 7 nitrogen and oxygen atoms in total. The molecule has 140 valence electrons. The van der Waals surface area contributed by atoms with Gasteiger partial charge in [0.25, 0.3) is 5.91 Å². The van der Waals surface area contributed by atoms with E-state index in [0.717, 1.165) is 31.2 Å². The molecule has 0 aromatic heterocycles. The minimum atomic E-state index is -1.12. The number of aromatic hydroxyl groups is 1. The van der Waals surface area contributed by atoms with Gasteiger partial charge in [-0.05, 0) is 37.5 Å². The highest BCUT2D eigenvalue weighted by molar-refractivity contribution is 6.09. The van der Waals surface area contributed by atoms with E-state index < -0.39 is 5.54 Å². The maximum absolute atomic E-state index is 12.8. The Bertz CT molecular complexity index is 714. The number of hydrogen-bond acceptors (Lipinski definition) is 4. The number of benzene rings is 1. The summed E-state index contributed by atoms with van der Waals surface area (Å²) in [4.78, 5) is 26.6. The molecule has 1 aromatic rings. The Hall–Kier alpha value is -2.57. The normalized spacial score (nSPS) is 23.8. The molecule has 1 heterocycles. The van der Waals surface area contributed by atoms with Crippen molar-refractivity contribution in [1.29, 1.82) is 5.41 Å². The van der Waals surface area contributed by atoms with Crippen molar-refractivity contribution in [2.75, 3.05) is 0 Å². The van der Waals surface area contributed by atoms with Crippen LogP contribution < -0.4 is 10.6 Å². The summed E-state index contributed by atoms with van der Waals surface area (Å²) in [6.45, 7) is 1.84. The minimum Gasteiger partial charge on any atom is -0.508 e. The first-order chi connectivity index (χ1) is 12.4. The van der Waals surface area contributed by atoms with Gasteiger partial charge in [0.1, 0.15) is 11.3 Å². The summed E-state index contributed by atoms with van der Waals surface area (Å²) in [7, 11) is 0. The van der Waals surface area contributed by atoms with E-state index in [0.29, 0.717) is 0 Å². The molecule has 1 unspecified atom stereocenters. The van der Waals surface area contributed by atoms with Crippen LogP contribution in [0.15, 0.2) is 24.3 Å². The number of phenolic OH excluding ortho intramolecular Hbond substituents is 1. The van der Waals surface area contributed by atoms with Crippen LogP contribution in [0.1, 0.15) is 51.0 Å². The molecule has 4 N–H and O–H groups in total. The predicted octanol–water partition coefficient (Wildman–Crippen LogP) is 1.86. The van der Waals surface area contributed by atoms with Crippen LogP contribution in [0.3, 0.4) is 0 Å². The molecule has 0 radical (unpaired) electrons. The van der Waals surface area contributed by atoms with Crippen LogP contribution in [0.5, 0.6) is 5.75 Å². The first kappa shape index (κ1) is 18.2. The fraction of sp³-hybridized carbons (Fsp3) is 0.526. The highest BCUT2D eigenvalue weighted by Gasteiger charge is 2.47. The third-order valence-corrected chi connectivity index (χ3v) is 5.12. The van der Waals surface area contributed by atoms with Crippen LogP contribution in [-0.4, -0.2) is 39.4 Å². The molecule has 0 bridgehead atoms. The zero-order chi connectivity index (χ0) is 18.7. The second-order valence-electron chi connectivity index (χ2n) is 7.45. The monoisotopic (exact) mass is 358 g/mol. The summed E-state index contributed by atoms with van der Waals surface area (Å²) in [5.41, 5.74) is -0.395. The van der Waals surface area contributed by atoms with Crippen molar-refractivity contribution in [2.24, 2.45) is 0 Å². The van der Waals surface area contributed by atoms with Gasteiger partial charge in [-0.25, -0.2) is 0 Å². The second-order valence-corrected chi connectivity index (χ2v) is 7.45. The van der Waals surface area contributed by atoms with E-state index in [2.05, 4.69) is 10.6 Å². The summed E-state index contributed by atoms with van der Waals surface area (Å²) in [5.74, 6) is -0.369. The lowest BCUT2D eigenvalue weighted by Crippen LogP contribution is -2.49. The highest BCUT2D eigenvalue weighted by Crippen LogP contribution is 2.24. The van der Waals surface area contributed by atoms with Gasteiger partial charge in [0.05, 0.1) is 13.0 Å². The van der Waals surface area contributed by atoms with Gasteiger partial charge < -0.3 is 15.7 Å². The van der Waals surface area contributed by atoms with Gasteiger partial charge in [-0.3, -0.25) is 19.9 Å². The first-order valence-corrected chi connectivity index (χ1v) is 9.13. The van der Waals surface area contributed by atoms with Crippen molar-refractivity contribution < 1.29 is 14.7 Å². The number of nitrogens with one attached hydrogen (secondary N) is 3. The Balaban J connectivity index is 1.63. The molecule has 1 aromatic carbocycles. The molecule has 1 saturated carbocycles. The van der Waals surface area contributed by atoms with Gasteiger partial charge in [0, 0.05) is 6.04 Å². The number of carbonyl (C=O) groups is 2. The zero-order valence-electron chi connectivity index (χ0n) is 15.0. The molecule has 7 heteroatoms. The summed E-state index contributed by atoms with van der Waals surface area (Å²) in [6, 6.07) is 6.79. The van der Waals surface area contributed by atoms with Crippen LogP contribution in [0.25, 0.3) is 0 Å². The highest BCUT2D eigenvalue weighted by atomic mass is 16.3. The Morgan fingerprint density at radius 2 is 2.12 bits per heavy atom. The quantitative estimate of drug-likeness (QED) is 0.645. The second kappa shape index (κ2) is 7.35. The number of hydrogen-bond donors (Lipinski definition) is 4. The van der Waals surface area contributed by atoms with Gasteiger partial charge in [-0.1, -0.05) is 31.4 Å². The maximum atomic E-state index is 12.8. The van der Waals surface area contributed by atoms with E-state index >= 15 is 0 Å². The van der Waals surface area contributed by atoms with E-state index in [-0.39, 0.29) is 42.5 Å². The van der Waals surface area contributed by atoms with Gasteiger partial charge in [-0.15, -0.1) is 0 Å². The van der Waals surface area contributed by atoms with Gasteiger partial charge >= 0.3 is 0 Å². The summed E-state index contributed by atoms with van der Waals surface area (Å²) in [6.07, 6.45) is 5.45. The third kappa shape index (κ3) is 3.98. The molecule has 26 heavy (non-hydrogen) atoms. The SMILES string of the molecule is CC1(CC(=O)NC2CCCCC2)NC(=N)N(Cc2cccc(O)c2)C1=O. The van der Waals surface area contributed by atoms with Gasteiger partial charge in [0.2, 0.25) is 5.91 Å². The molecule has 1 aliphatic carbocycles. The van der Waals surface area contributed by atoms with Crippen LogP contribution in [-0.2, 0) is 16.1 Å². The lowest BCUT2D eigenvalue weighted by Gasteiger charge is -2.26. The molecule has 1 atom stereocenters. The molecule has 2 amide bonds. The first-order valence-electron chi connectivity index (χ1n) is 9.13. The van der Waals surface area contributed by atoms with Crippen LogP contribution in [0, 0.1) is 5.41 Å². The topological polar surface area (TPSA) is 106 Å². The maximum Gasteiger partial charge on any atom is 0.255 e. The fourth-order valence-electron chi connectivity index (χ4n) is 3.74.